The van der Waals surface area contributed by atoms with Gasteiger partial charge in [-0.3, -0.25) is 4.79 Å². The van der Waals surface area contributed by atoms with Gasteiger partial charge in [-0.1, -0.05) is 18.2 Å². The maximum absolute atomic E-state index is 12.6. The molecule has 0 aliphatic carbocycles. The van der Waals surface area contributed by atoms with Gasteiger partial charge < -0.3 is 13.8 Å². The fourth-order valence-electron chi connectivity index (χ4n) is 2.22. The van der Waals surface area contributed by atoms with E-state index < -0.39 is 10.1 Å². The Morgan fingerprint density at radius 2 is 1.87 bits per heavy atom. The van der Waals surface area contributed by atoms with Crippen LogP contribution in [0.25, 0.3) is 0 Å². The Kier molecular flexibility index (Phi) is 4.65. The summed E-state index contributed by atoms with van der Waals surface area (Å²) in [6, 6.07) is 9.46. The number of benzene rings is 1. The summed E-state index contributed by atoms with van der Waals surface area (Å²) in [6.45, 7) is 1.90. The van der Waals surface area contributed by atoms with E-state index in [1.54, 1.807) is 34.5 Å². The molecule has 1 aliphatic heterocycles. The first kappa shape index (κ1) is 16.0. The van der Waals surface area contributed by atoms with E-state index in [1.807, 2.05) is 0 Å². The Morgan fingerprint density at radius 1 is 1.13 bits per heavy atom. The zero-order valence-corrected chi connectivity index (χ0v) is 13.8. The Labute approximate surface area is 138 Å². The quantitative estimate of drug-likeness (QED) is 0.786. The molecular formula is C15H15NO5S2. The van der Waals surface area contributed by atoms with Crippen LogP contribution in [0.4, 0.5) is 0 Å². The van der Waals surface area contributed by atoms with Gasteiger partial charge in [0.15, 0.2) is 9.96 Å². The summed E-state index contributed by atoms with van der Waals surface area (Å²) in [6.07, 6.45) is 0. The van der Waals surface area contributed by atoms with Crippen molar-refractivity contribution in [2.45, 2.75) is 4.21 Å². The first-order valence-electron chi connectivity index (χ1n) is 7.02. The molecule has 0 atom stereocenters. The highest BCUT2D eigenvalue weighted by Crippen LogP contribution is 2.26. The van der Waals surface area contributed by atoms with Crippen LogP contribution in [0, 0.1) is 0 Å². The van der Waals surface area contributed by atoms with Gasteiger partial charge >= 0.3 is 10.1 Å². The zero-order valence-electron chi connectivity index (χ0n) is 12.2. The summed E-state index contributed by atoms with van der Waals surface area (Å²) >= 11 is 1.07. The van der Waals surface area contributed by atoms with Crippen LogP contribution in [0.5, 0.6) is 5.75 Å². The number of thiophene rings is 1. The van der Waals surface area contributed by atoms with Gasteiger partial charge in [-0.05, 0) is 23.6 Å². The monoisotopic (exact) mass is 353 g/mol. The largest absolute Gasteiger partial charge is 0.378 e. The highest BCUT2D eigenvalue weighted by Gasteiger charge is 2.25. The number of ether oxygens (including phenoxy) is 1. The normalized spacial score (nSPS) is 15.4. The van der Waals surface area contributed by atoms with Gasteiger partial charge in [0.05, 0.1) is 18.8 Å². The lowest BCUT2D eigenvalue weighted by molar-refractivity contribution is 0.0302. The smallest absolute Gasteiger partial charge is 0.348 e. The van der Waals surface area contributed by atoms with Gasteiger partial charge in [-0.25, -0.2) is 0 Å². The lowest BCUT2D eigenvalue weighted by atomic mass is 10.1. The van der Waals surface area contributed by atoms with Crippen LogP contribution in [0.2, 0.25) is 0 Å². The van der Waals surface area contributed by atoms with Crippen molar-refractivity contribution >= 4 is 27.4 Å². The van der Waals surface area contributed by atoms with Crippen LogP contribution in [-0.2, 0) is 14.9 Å². The molecule has 0 saturated carbocycles. The van der Waals surface area contributed by atoms with Gasteiger partial charge in [0.1, 0.15) is 0 Å². The Balaban J connectivity index is 1.87. The molecule has 1 aromatic carbocycles. The van der Waals surface area contributed by atoms with E-state index in [0.29, 0.717) is 26.3 Å². The van der Waals surface area contributed by atoms with Gasteiger partial charge in [0.25, 0.3) is 5.91 Å². The minimum absolute atomic E-state index is 0.0393. The van der Waals surface area contributed by atoms with Crippen LogP contribution >= 0.6 is 11.3 Å². The SMILES string of the molecule is O=C(c1ccccc1OS(=O)(=O)c1cccs1)N1CCOCC1. The molecule has 1 fully saturated rings. The average molecular weight is 353 g/mol. The van der Waals surface area contributed by atoms with E-state index in [4.69, 9.17) is 8.92 Å². The first-order chi connectivity index (χ1) is 11.1. The van der Waals surface area contributed by atoms with Crippen LogP contribution in [-0.4, -0.2) is 45.5 Å². The fourth-order valence-corrected chi connectivity index (χ4v) is 4.12. The molecule has 3 rings (SSSR count). The van der Waals surface area contributed by atoms with Crippen molar-refractivity contribution in [3.8, 4) is 5.75 Å². The third-order valence-electron chi connectivity index (χ3n) is 3.36. The Hall–Kier alpha value is -1.90. The second-order valence-electron chi connectivity index (χ2n) is 4.87. The van der Waals surface area contributed by atoms with Crippen molar-refractivity contribution in [2.24, 2.45) is 0 Å². The molecule has 0 N–H and O–H groups in total. The lowest BCUT2D eigenvalue weighted by Gasteiger charge is -2.27. The van der Waals surface area contributed by atoms with E-state index in [0.717, 1.165) is 11.3 Å². The summed E-state index contributed by atoms with van der Waals surface area (Å²) < 4.78 is 35.0. The molecule has 0 bridgehead atoms. The molecule has 6 nitrogen and oxygen atoms in total. The standard InChI is InChI=1S/C15H15NO5S2/c17-15(16-7-9-20-10-8-16)12-4-1-2-5-13(12)21-23(18,19)14-6-3-11-22-14/h1-6,11H,7-10H2. The van der Waals surface area contributed by atoms with Gasteiger partial charge in [0, 0.05) is 13.1 Å². The van der Waals surface area contributed by atoms with Crippen molar-refractivity contribution in [3.63, 3.8) is 0 Å². The maximum atomic E-state index is 12.6. The molecule has 122 valence electrons. The van der Waals surface area contributed by atoms with Gasteiger partial charge in [-0.15, -0.1) is 11.3 Å². The number of para-hydroxylation sites is 1. The molecule has 0 spiro atoms. The number of hydrogen-bond acceptors (Lipinski definition) is 6. The molecule has 1 aromatic heterocycles. The number of nitrogens with zero attached hydrogens (tertiary/aromatic N) is 1. The second-order valence-corrected chi connectivity index (χ2v) is 7.59. The number of morpholine rings is 1. The third kappa shape index (κ3) is 3.54. The first-order valence-corrected chi connectivity index (χ1v) is 9.31. The van der Waals surface area contributed by atoms with Crippen molar-refractivity contribution in [2.75, 3.05) is 26.3 Å². The lowest BCUT2D eigenvalue weighted by Crippen LogP contribution is -2.40. The summed E-state index contributed by atoms with van der Waals surface area (Å²) in [7, 11) is -3.93. The van der Waals surface area contributed by atoms with E-state index in [1.165, 1.54) is 12.1 Å². The van der Waals surface area contributed by atoms with Gasteiger partial charge in [-0.2, -0.15) is 8.42 Å². The Bertz CT molecular complexity index is 780. The molecule has 1 saturated heterocycles. The van der Waals surface area contributed by atoms with Crippen molar-refractivity contribution in [1.82, 2.24) is 4.90 Å². The van der Waals surface area contributed by atoms with Crippen LogP contribution < -0.4 is 4.18 Å². The molecule has 0 unspecified atom stereocenters. The van der Waals surface area contributed by atoms with E-state index in [9.17, 15) is 13.2 Å². The van der Waals surface area contributed by atoms with E-state index in [2.05, 4.69) is 0 Å². The van der Waals surface area contributed by atoms with Crippen LogP contribution in [0.15, 0.2) is 46.0 Å². The van der Waals surface area contributed by atoms with E-state index >= 15 is 0 Å². The van der Waals surface area contributed by atoms with Crippen molar-refractivity contribution in [1.29, 1.82) is 0 Å². The molecule has 2 aromatic rings. The minimum atomic E-state index is -3.93. The summed E-state index contributed by atoms with van der Waals surface area (Å²) in [4.78, 5) is 14.2. The van der Waals surface area contributed by atoms with Crippen molar-refractivity contribution in [3.05, 3.63) is 47.3 Å². The van der Waals surface area contributed by atoms with Crippen LogP contribution in [0.1, 0.15) is 10.4 Å². The number of hydrogen-bond donors (Lipinski definition) is 0. The third-order valence-corrected chi connectivity index (χ3v) is 5.95. The molecule has 0 radical (unpaired) electrons. The van der Waals surface area contributed by atoms with Crippen molar-refractivity contribution < 1.29 is 22.1 Å². The topological polar surface area (TPSA) is 72.9 Å². The summed E-state index contributed by atoms with van der Waals surface area (Å²) in [5.74, 6) is -0.220. The highest BCUT2D eigenvalue weighted by molar-refractivity contribution is 7.89. The summed E-state index contributed by atoms with van der Waals surface area (Å²) in [5, 5.41) is 1.65. The maximum Gasteiger partial charge on any atom is 0.348 e. The molecule has 23 heavy (non-hydrogen) atoms. The second kappa shape index (κ2) is 6.69. The predicted molar refractivity (Wildman–Crippen MR) is 85.3 cm³/mol. The fraction of sp³-hybridized carbons (Fsp3) is 0.267. The number of carbonyl (C=O) groups excluding carboxylic acids is 1. The molecular weight excluding hydrogens is 338 g/mol. The molecule has 1 amide bonds. The molecule has 1 aliphatic rings. The van der Waals surface area contributed by atoms with Crippen LogP contribution in [0.3, 0.4) is 0 Å². The molecule has 8 heteroatoms. The zero-order chi connectivity index (χ0) is 16.3. The van der Waals surface area contributed by atoms with Gasteiger partial charge in [0.2, 0.25) is 0 Å². The summed E-state index contributed by atoms with van der Waals surface area (Å²) in [5.41, 5.74) is 0.231. The molecule has 2 heterocycles. The van der Waals surface area contributed by atoms with E-state index in [-0.39, 0.29) is 21.4 Å². The number of carbonyl (C=O) groups is 1. The number of rotatable bonds is 4. The average Bonchev–Trinajstić information content (AvgIpc) is 3.11. The number of amides is 1. The predicted octanol–water partition coefficient (Wildman–Crippen LogP) is 1.99. The Morgan fingerprint density at radius 3 is 2.57 bits per heavy atom. The highest BCUT2D eigenvalue weighted by atomic mass is 32.3. The minimum Gasteiger partial charge on any atom is -0.378 e.